The van der Waals surface area contributed by atoms with Gasteiger partial charge in [-0.15, -0.1) is 0 Å². The van der Waals surface area contributed by atoms with Crippen LogP contribution in [0.25, 0.3) is 39.1 Å². The number of nitrogens with zero attached hydrogens (tertiary/aromatic N) is 1. The van der Waals surface area contributed by atoms with Crippen LogP contribution in [-0.2, 0) is 0 Å². The number of benzene rings is 3. The summed E-state index contributed by atoms with van der Waals surface area (Å²) in [6.45, 7) is 0. The van der Waals surface area contributed by atoms with Gasteiger partial charge in [0.1, 0.15) is 28.5 Å². The predicted octanol–water partition coefficient (Wildman–Crippen LogP) is 5.62. The highest BCUT2D eigenvalue weighted by atomic mass is 16.5. The van der Waals surface area contributed by atoms with Gasteiger partial charge in [-0.25, -0.2) is 9.59 Å². The van der Waals surface area contributed by atoms with Crippen molar-refractivity contribution in [2.24, 2.45) is 0 Å². The summed E-state index contributed by atoms with van der Waals surface area (Å²) < 4.78 is 22.9. The molecule has 0 bridgehead atoms. The van der Waals surface area contributed by atoms with Crippen LogP contribution in [0.4, 0.5) is 0 Å². The Balaban J connectivity index is 1.86. The van der Waals surface area contributed by atoms with Gasteiger partial charge in [-0.3, -0.25) is 4.40 Å². The van der Waals surface area contributed by atoms with Crippen molar-refractivity contribution >= 4 is 11.5 Å². The summed E-state index contributed by atoms with van der Waals surface area (Å²) in [6.07, 6.45) is 1.53. The molecule has 0 spiro atoms. The van der Waals surface area contributed by atoms with Gasteiger partial charge in [-0.05, 0) is 59.7 Å². The number of carbonyl (C=O) groups is 1. The van der Waals surface area contributed by atoms with E-state index in [4.69, 9.17) is 18.6 Å². The summed E-state index contributed by atoms with van der Waals surface area (Å²) in [6, 6.07) is 21.0. The molecule has 5 rings (SSSR count). The zero-order valence-corrected chi connectivity index (χ0v) is 20.3. The van der Waals surface area contributed by atoms with Gasteiger partial charge >= 0.3 is 11.6 Å². The van der Waals surface area contributed by atoms with Crippen LogP contribution >= 0.6 is 0 Å². The van der Waals surface area contributed by atoms with E-state index in [0.29, 0.717) is 45.1 Å². The molecule has 8 heteroatoms. The Hall–Kier alpha value is -4.98. The van der Waals surface area contributed by atoms with E-state index in [1.807, 2.05) is 0 Å². The second kappa shape index (κ2) is 9.58. The second-order valence-corrected chi connectivity index (χ2v) is 8.19. The first kappa shape index (κ1) is 23.7. The van der Waals surface area contributed by atoms with Crippen LogP contribution in [0.3, 0.4) is 0 Å². The largest absolute Gasteiger partial charge is 0.497 e. The van der Waals surface area contributed by atoms with Crippen molar-refractivity contribution in [3.63, 3.8) is 0 Å². The number of rotatable bonds is 7. The van der Waals surface area contributed by atoms with Crippen molar-refractivity contribution < 1.29 is 28.5 Å². The first-order valence-corrected chi connectivity index (χ1v) is 11.3. The lowest BCUT2D eigenvalue weighted by molar-refractivity contribution is 0.0690. The van der Waals surface area contributed by atoms with Crippen molar-refractivity contribution in [1.29, 1.82) is 0 Å². The van der Waals surface area contributed by atoms with E-state index >= 15 is 0 Å². The zero-order valence-electron chi connectivity index (χ0n) is 20.3. The van der Waals surface area contributed by atoms with Gasteiger partial charge in [0.2, 0.25) is 0 Å². The zero-order chi connectivity index (χ0) is 26.1. The minimum absolute atomic E-state index is 0.0614. The molecule has 0 atom stereocenters. The standard InChI is InChI=1S/C29H23NO7/c1-34-20-10-4-17(5-11-20)23-16-30-26(28(31)32)24(18-6-12-21(35-2)13-7-18)25(27(30)29(33)37-23)19-8-14-22(36-3)15-9-19/h4-16H,1-3H3,(H,31,32). The SMILES string of the molecule is COc1ccc(-c2cn3c(C(=O)O)c(-c4ccc(OC)cc4)c(-c4ccc(OC)cc4)c3c(=O)o2)cc1. The van der Waals surface area contributed by atoms with Gasteiger partial charge in [-0.2, -0.15) is 0 Å². The Bertz CT molecular complexity index is 1650. The smallest absolute Gasteiger partial charge is 0.361 e. The van der Waals surface area contributed by atoms with Crippen LogP contribution in [-0.4, -0.2) is 36.8 Å². The summed E-state index contributed by atoms with van der Waals surface area (Å²) in [4.78, 5) is 26.2. The van der Waals surface area contributed by atoms with Crippen LogP contribution in [0.1, 0.15) is 10.5 Å². The number of carboxylic acid groups (broad SMARTS) is 1. The minimum Gasteiger partial charge on any atom is -0.497 e. The first-order chi connectivity index (χ1) is 17.9. The molecule has 0 fully saturated rings. The van der Waals surface area contributed by atoms with E-state index in [1.165, 1.54) is 10.6 Å². The van der Waals surface area contributed by atoms with Crippen molar-refractivity contribution in [3.8, 4) is 50.8 Å². The van der Waals surface area contributed by atoms with Gasteiger partial charge in [0.25, 0.3) is 0 Å². The fourth-order valence-electron chi connectivity index (χ4n) is 4.39. The van der Waals surface area contributed by atoms with Gasteiger partial charge in [-0.1, -0.05) is 24.3 Å². The number of methoxy groups -OCH3 is 3. The van der Waals surface area contributed by atoms with E-state index in [0.717, 1.165) is 0 Å². The summed E-state index contributed by atoms with van der Waals surface area (Å²) in [5, 5.41) is 10.4. The van der Waals surface area contributed by atoms with Gasteiger partial charge < -0.3 is 23.7 Å². The fourth-order valence-corrected chi connectivity index (χ4v) is 4.39. The molecule has 0 aliphatic rings. The number of hydrogen-bond acceptors (Lipinski definition) is 6. The van der Waals surface area contributed by atoms with E-state index in [2.05, 4.69) is 0 Å². The quantitative estimate of drug-likeness (QED) is 0.312. The topological polar surface area (TPSA) is 99.6 Å². The third-order valence-electron chi connectivity index (χ3n) is 6.18. The molecular formula is C29H23NO7. The highest BCUT2D eigenvalue weighted by molar-refractivity contribution is 6.06. The summed E-state index contributed by atoms with van der Waals surface area (Å²) >= 11 is 0. The molecule has 0 amide bonds. The minimum atomic E-state index is -1.19. The Morgan fingerprint density at radius 1 is 0.703 bits per heavy atom. The number of fused-ring (bicyclic) bond motifs is 1. The lowest BCUT2D eigenvalue weighted by Crippen LogP contribution is -2.09. The van der Waals surface area contributed by atoms with E-state index in [-0.39, 0.29) is 17.0 Å². The molecule has 8 nitrogen and oxygen atoms in total. The van der Waals surface area contributed by atoms with E-state index in [9.17, 15) is 14.7 Å². The number of aromatic nitrogens is 1. The normalized spacial score (nSPS) is 10.9. The Kier molecular flexibility index (Phi) is 6.15. The molecule has 0 radical (unpaired) electrons. The lowest BCUT2D eigenvalue weighted by Gasteiger charge is -2.08. The van der Waals surface area contributed by atoms with Crippen LogP contribution in [0.2, 0.25) is 0 Å². The molecule has 0 saturated carbocycles. The van der Waals surface area contributed by atoms with Gasteiger partial charge in [0.05, 0.1) is 27.5 Å². The number of ether oxygens (including phenoxy) is 3. The molecule has 2 heterocycles. The van der Waals surface area contributed by atoms with Crippen molar-refractivity contribution in [1.82, 2.24) is 4.40 Å². The van der Waals surface area contributed by atoms with E-state index < -0.39 is 11.6 Å². The van der Waals surface area contributed by atoms with Gasteiger partial charge in [0.15, 0.2) is 5.76 Å². The van der Waals surface area contributed by atoms with Crippen LogP contribution < -0.4 is 19.8 Å². The molecule has 186 valence electrons. The van der Waals surface area contributed by atoms with Crippen molar-refractivity contribution in [2.45, 2.75) is 0 Å². The molecule has 5 aromatic rings. The Morgan fingerprint density at radius 2 is 1.14 bits per heavy atom. The predicted molar refractivity (Wildman–Crippen MR) is 139 cm³/mol. The molecule has 3 aromatic carbocycles. The maximum absolute atomic E-state index is 13.5. The first-order valence-electron chi connectivity index (χ1n) is 11.3. The third kappa shape index (κ3) is 4.18. The van der Waals surface area contributed by atoms with E-state index in [1.54, 1.807) is 94.1 Å². The second-order valence-electron chi connectivity index (χ2n) is 8.19. The van der Waals surface area contributed by atoms with Crippen LogP contribution in [0, 0.1) is 0 Å². The maximum Gasteiger partial charge on any atom is 0.361 e. The highest BCUT2D eigenvalue weighted by Crippen LogP contribution is 2.41. The van der Waals surface area contributed by atoms with Crippen LogP contribution in [0.15, 0.2) is 88.2 Å². The van der Waals surface area contributed by atoms with Gasteiger partial charge in [0, 0.05) is 16.7 Å². The number of aromatic carboxylic acids is 1. The monoisotopic (exact) mass is 497 g/mol. The Morgan fingerprint density at radius 3 is 1.57 bits per heavy atom. The summed E-state index contributed by atoms with van der Waals surface area (Å²) in [5.41, 5.74) is 2.07. The molecule has 2 aromatic heterocycles. The number of hydrogen-bond donors (Lipinski definition) is 1. The molecule has 1 N–H and O–H groups in total. The Labute approximate surface area is 211 Å². The molecule has 37 heavy (non-hydrogen) atoms. The van der Waals surface area contributed by atoms with Crippen molar-refractivity contribution in [2.75, 3.05) is 21.3 Å². The molecule has 0 aliphatic carbocycles. The molecule has 0 saturated heterocycles. The average Bonchev–Trinajstić information content (AvgIpc) is 3.29. The average molecular weight is 498 g/mol. The molecular weight excluding hydrogens is 474 g/mol. The molecule has 0 aliphatic heterocycles. The maximum atomic E-state index is 13.5. The summed E-state index contributed by atoms with van der Waals surface area (Å²) in [5.74, 6) is 0.928. The lowest BCUT2D eigenvalue weighted by atomic mass is 9.95. The highest BCUT2D eigenvalue weighted by Gasteiger charge is 2.28. The van der Waals surface area contributed by atoms with Crippen LogP contribution in [0.5, 0.6) is 17.2 Å². The number of carboxylic acids is 1. The fraction of sp³-hybridized carbons (Fsp3) is 0.103. The molecule has 0 unspecified atom stereocenters. The van der Waals surface area contributed by atoms with Crippen molar-refractivity contribution in [3.05, 3.63) is 95.1 Å². The third-order valence-corrected chi connectivity index (χ3v) is 6.18. The summed E-state index contributed by atoms with van der Waals surface area (Å²) in [7, 11) is 4.67.